The molecule has 74 valence electrons. The number of methoxy groups -OCH3 is 1. The number of hydrogen-bond donors (Lipinski definition) is 0. The largest absolute Gasteiger partial charge is 0.377 e. The van der Waals surface area contributed by atoms with E-state index < -0.39 is 0 Å². The zero-order valence-electron chi connectivity index (χ0n) is 8.21. The number of carbonyl (C=O) groups excluding carboxylic acids is 1. The van der Waals surface area contributed by atoms with Crippen molar-refractivity contribution in [3.63, 3.8) is 0 Å². The summed E-state index contributed by atoms with van der Waals surface area (Å²) in [5, 5.41) is 0. The third-order valence-electron chi connectivity index (χ3n) is 1.80. The highest BCUT2D eigenvalue weighted by Gasteiger charge is 2.06. The van der Waals surface area contributed by atoms with Crippen molar-refractivity contribution in [3.05, 3.63) is 22.2 Å². The lowest BCUT2D eigenvalue weighted by Crippen LogP contribution is -2.10. The van der Waals surface area contributed by atoms with Gasteiger partial charge >= 0.3 is 0 Å². The Balaban J connectivity index is 4.22. The van der Waals surface area contributed by atoms with Gasteiger partial charge in [0.1, 0.15) is 6.29 Å². The van der Waals surface area contributed by atoms with Crippen LogP contribution in [0.15, 0.2) is 22.2 Å². The number of ether oxygens (including phenoxy) is 1. The summed E-state index contributed by atoms with van der Waals surface area (Å²) in [6.07, 6.45) is 3.50. The van der Waals surface area contributed by atoms with Crippen molar-refractivity contribution < 1.29 is 9.53 Å². The minimum atomic E-state index is 0.0503. The van der Waals surface area contributed by atoms with Gasteiger partial charge < -0.3 is 4.74 Å². The van der Waals surface area contributed by atoms with Crippen LogP contribution < -0.4 is 0 Å². The molecule has 0 saturated carbocycles. The normalized spacial score (nSPS) is 15.7. The van der Waals surface area contributed by atoms with Crippen molar-refractivity contribution in [2.45, 2.75) is 26.4 Å². The van der Waals surface area contributed by atoms with Crippen LogP contribution in [0.5, 0.6) is 0 Å². The molecule has 0 aliphatic carbocycles. The maximum absolute atomic E-state index is 10.3. The molecule has 2 nitrogen and oxygen atoms in total. The minimum absolute atomic E-state index is 0.0503. The van der Waals surface area contributed by atoms with Gasteiger partial charge in [-0.2, -0.15) is 0 Å². The first kappa shape index (κ1) is 12.6. The fraction of sp³-hybridized carbons (Fsp3) is 0.500. The highest BCUT2D eigenvalue weighted by Crippen LogP contribution is 2.12. The van der Waals surface area contributed by atoms with Crippen molar-refractivity contribution in [2.24, 2.45) is 0 Å². The van der Waals surface area contributed by atoms with E-state index in [2.05, 4.69) is 15.9 Å². The van der Waals surface area contributed by atoms with Crippen molar-refractivity contribution >= 4 is 22.2 Å². The molecule has 0 aliphatic rings. The van der Waals surface area contributed by atoms with Gasteiger partial charge in [0.15, 0.2) is 0 Å². The van der Waals surface area contributed by atoms with E-state index in [1.807, 2.05) is 18.0 Å². The molecule has 3 heteroatoms. The van der Waals surface area contributed by atoms with Gasteiger partial charge in [-0.25, -0.2) is 0 Å². The molecule has 13 heavy (non-hydrogen) atoms. The van der Waals surface area contributed by atoms with E-state index in [1.54, 1.807) is 14.0 Å². The number of allylic oxidation sites excluding steroid dienone is 1. The number of carbonyl (C=O) groups is 1. The van der Waals surface area contributed by atoms with E-state index in [1.165, 1.54) is 0 Å². The van der Waals surface area contributed by atoms with E-state index in [0.29, 0.717) is 0 Å². The molecular weight excluding hydrogens is 232 g/mol. The molecule has 0 aromatic rings. The fourth-order valence-electron chi connectivity index (χ4n) is 0.879. The number of hydrogen-bond acceptors (Lipinski definition) is 2. The first-order valence-corrected chi connectivity index (χ1v) is 4.98. The highest BCUT2D eigenvalue weighted by molar-refractivity contribution is 9.11. The van der Waals surface area contributed by atoms with Crippen molar-refractivity contribution in [3.8, 4) is 0 Å². The summed E-state index contributed by atoms with van der Waals surface area (Å²) in [5.41, 5.74) is 1.85. The summed E-state index contributed by atoms with van der Waals surface area (Å²) in [6.45, 7) is 3.76. The predicted octanol–water partition coefficient (Wildman–Crippen LogP) is 2.84. The van der Waals surface area contributed by atoms with Gasteiger partial charge in [0.2, 0.25) is 0 Å². The average molecular weight is 247 g/mol. The topological polar surface area (TPSA) is 26.3 Å². The van der Waals surface area contributed by atoms with E-state index in [-0.39, 0.29) is 6.10 Å². The molecule has 0 bridgehead atoms. The Labute approximate surface area is 87.8 Å². The van der Waals surface area contributed by atoms with Crippen LogP contribution in [-0.2, 0) is 9.53 Å². The van der Waals surface area contributed by atoms with Crippen molar-refractivity contribution in [1.29, 1.82) is 0 Å². The third kappa shape index (κ3) is 5.01. The molecule has 0 radical (unpaired) electrons. The first-order chi connectivity index (χ1) is 6.15. The monoisotopic (exact) mass is 246 g/mol. The number of rotatable bonds is 5. The van der Waals surface area contributed by atoms with E-state index in [0.717, 1.165) is 23.9 Å². The Morgan fingerprint density at radius 1 is 1.54 bits per heavy atom. The van der Waals surface area contributed by atoms with E-state index >= 15 is 0 Å². The average Bonchev–Trinajstić information content (AvgIpc) is 2.17. The van der Waals surface area contributed by atoms with Crippen LogP contribution >= 0.6 is 15.9 Å². The van der Waals surface area contributed by atoms with E-state index in [9.17, 15) is 4.79 Å². The van der Waals surface area contributed by atoms with Gasteiger partial charge in [-0.3, -0.25) is 4.79 Å². The molecule has 1 atom stereocenters. The quantitative estimate of drug-likeness (QED) is 0.551. The Hall–Kier alpha value is -0.410. The van der Waals surface area contributed by atoms with Gasteiger partial charge in [-0.15, -0.1) is 0 Å². The Kier molecular flexibility index (Phi) is 6.82. The smallest absolute Gasteiger partial charge is 0.145 e. The zero-order valence-corrected chi connectivity index (χ0v) is 9.80. The van der Waals surface area contributed by atoms with Crippen LogP contribution in [0.4, 0.5) is 0 Å². The minimum Gasteiger partial charge on any atom is -0.377 e. The van der Waals surface area contributed by atoms with Crippen molar-refractivity contribution in [2.75, 3.05) is 7.11 Å². The maximum Gasteiger partial charge on any atom is 0.145 e. The zero-order chi connectivity index (χ0) is 10.3. The number of halogens is 1. The van der Waals surface area contributed by atoms with Crippen LogP contribution in [-0.4, -0.2) is 19.5 Å². The molecule has 0 saturated heterocycles. The second-order valence-corrected chi connectivity index (χ2v) is 3.34. The fourth-order valence-corrected chi connectivity index (χ4v) is 1.17. The highest BCUT2D eigenvalue weighted by atomic mass is 79.9. The number of aldehydes is 1. The van der Waals surface area contributed by atoms with Gasteiger partial charge in [0, 0.05) is 7.11 Å². The van der Waals surface area contributed by atoms with Gasteiger partial charge in [-0.1, -0.05) is 22.0 Å². The lowest BCUT2D eigenvalue weighted by molar-refractivity contribution is -0.104. The molecule has 0 aromatic carbocycles. The second kappa shape index (κ2) is 7.04. The summed E-state index contributed by atoms with van der Waals surface area (Å²) >= 11 is 3.25. The molecule has 0 aliphatic heterocycles. The summed E-state index contributed by atoms with van der Waals surface area (Å²) in [4.78, 5) is 12.2. The van der Waals surface area contributed by atoms with Crippen LogP contribution in [0.1, 0.15) is 20.3 Å². The lowest BCUT2D eigenvalue weighted by Gasteiger charge is -2.13. The predicted molar refractivity (Wildman–Crippen MR) is 57.9 cm³/mol. The van der Waals surface area contributed by atoms with Gasteiger partial charge in [-0.05, 0) is 36.4 Å². The molecular formula is C10H15BrO2. The molecule has 0 aromatic heterocycles. The summed E-state index contributed by atoms with van der Waals surface area (Å²) < 4.78 is 5.24. The van der Waals surface area contributed by atoms with Crippen LogP contribution in [0.3, 0.4) is 0 Å². The van der Waals surface area contributed by atoms with Crippen LogP contribution in [0, 0.1) is 0 Å². The first-order valence-electron chi connectivity index (χ1n) is 4.07. The van der Waals surface area contributed by atoms with E-state index in [4.69, 9.17) is 4.74 Å². The summed E-state index contributed by atoms with van der Waals surface area (Å²) in [7, 11) is 1.66. The Bertz CT molecular complexity index is 219. The summed E-state index contributed by atoms with van der Waals surface area (Å²) in [5.74, 6) is 0. The molecule has 0 amide bonds. The Morgan fingerprint density at radius 2 is 2.15 bits per heavy atom. The second-order valence-electron chi connectivity index (χ2n) is 2.88. The Morgan fingerprint density at radius 3 is 2.54 bits per heavy atom. The van der Waals surface area contributed by atoms with Crippen LogP contribution in [0.25, 0.3) is 0 Å². The molecule has 1 unspecified atom stereocenters. The third-order valence-corrected chi connectivity index (χ3v) is 2.53. The lowest BCUT2D eigenvalue weighted by atomic mass is 10.1. The standard InChI is InChI=1S/C10H15BrO2/c1-8(7-12)4-5-10(13-3)9(2)6-11/h4,6-7,10H,5H2,1-3H3/b8-4+,9-6+. The van der Waals surface area contributed by atoms with Crippen LogP contribution in [0.2, 0.25) is 0 Å². The SMILES string of the molecule is COC(C/C=C(\C)C=O)/C(C)=C/Br. The molecule has 0 heterocycles. The molecule has 0 fully saturated rings. The van der Waals surface area contributed by atoms with Gasteiger partial charge in [0.05, 0.1) is 6.10 Å². The van der Waals surface area contributed by atoms with Crippen molar-refractivity contribution in [1.82, 2.24) is 0 Å². The maximum atomic E-state index is 10.3. The van der Waals surface area contributed by atoms with Gasteiger partial charge in [0.25, 0.3) is 0 Å². The summed E-state index contributed by atoms with van der Waals surface area (Å²) in [6, 6.07) is 0. The molecule has 0 spiro atoms. The molecule has 0 rings (SSSR count). The molecule has 0 N–H and O–H groups in total.